The van der Waals surface area contributed by atoms with Gasteiger partial charge in [-0.2, -0.15) is 0 Å². The van der Waals surface area contributed by atoms with Crippen LogP contribution in [0.2, 0.25) is 0 Å². The standard InChI is InChI=1S/C25H29NO6/c1-15(2)10-13-20(26-24(29)32-25(3,4)5)23(28)30-16-11-12-18-17-8-6-7-9-19(17)22(27)31-21(18)14-16/h6-9,11-12,14-15,20H,10,13H2,1-5H3,(H,26,29)/t20-/m1/s1. The Morgan fingerprint density at radius 2 is 1.69 bits per heavy atom. The monoisotopic (exact) mass is 439 g/mol. The molecular formula is C25H29NO6. The predicted molar refractivity (Wildman–Crippen MR) is 123 cm³/mol. The molecule has 0 unspecified atom stereocenters. The fourth-order valence-corrected chi connectivity index (χ4v) is 3.31. The molecule has 1 heterocycles. The number of alkyl carbamates (subject to hydrolysis) is 1. The number of hydrogen-bond acceptors (Lipinski definition) is 6. The summed E-state index contributed by atoms with van der Waals surface area (Å²) < 4.78 is 16.2. The van der Waals surface area contributed by atoms with E-state index in [0.717, 1.165) is 10.8 Å². The summed E-state index contributed by atoms with van der Waals surface area (Å²) in [6.45, 7) is 9.32. The zero-order chi connectivity index (χ0) is 23.5. The zero-order valence-electron chi connectivity index (χ0n) is 19.1. The largest absolute Gasteiger partial charge is 0.444 e. The summed E-state index contributed by atoms with van der Waals surface area (Å²) in [6.07, 6.45) is 0.441. The Labute approximate surface area is 186 Å². The second-order valence-electron chi connectivity index (χ2n) is 9.18. The quantitative estimate of drug-likeness (QED) is 0.246. The first-order valence-electron chi connectivity index (χ1n) is 10.7. The third-order valence-electron chi connectivity index (χ3n) is 4.82. The molecule has 7 heteroatoms. The maximum atomic E-state index is 12.9. The smallest absolute Gasteiger partial charge is 0.408 e. The molecule has 32 heavy (non-hydrogen) atoms. The van der Waals surface area contributed by atoms with Gasteiger partial charge in [-0.1, -0.05) is 32.0 Å². The summed E-state index contributed by atoms with van der Waals surface area (Å²) in [6, 6.07) is 11.2. The Hall–Kier alpha value is -3.35. The van der Waals surface area contributed by atoms with E-state index >= 15 is 0 Å². The van der Waals surface area contributed by atoms with Crippen LogP contribution in [0, 0.1) is 5.92 Å². The third-order valence-corrected chi connectivity index (χ3v) is 4.82. The fraction of sp³-hybridized carbons (Fsp3) is 0.400. The lowest BCUT2D eigenvalue weighted by Gasteiger charge is -2.23. The topological polar surface area (TPSA) is 94.8 Å². The second kappa shape index (κ2) is 9.42. The molecule has 7 nitrogen and oxygen atoms in total. The summed E-state index contributed by atoms with van der Waals surface area (Å²) in [5, 5.41) is 4.60. The van der Waals surface area contributed by atoms with Crippen molar-refractivity contribution in [3.63, 3.8) is 0 Å². The summed E-state index contributed by atoms with van der Waals surface area (Å²) in [4.78, 5) is 37.4. The highest BCUT2D eigenvalue weighted by atomic mass is 16.6. The Balaban J connectivity index is 1.83. The van der Waals surface area contributed by atoms with E-state index in [0.29, 0.717) is 29.7 Å². The van der Waals surface area contributed by atoms with Gasteiger partial charge in [-0.3, -0.25) is 0 Å². The van der Waals surface area contributed by atoms with E-state index in [2.05, 4.69) is 5.32 Å². The first kappa shape index (κ1) is 23.3. The van der Waals surface area contributed by atoms with Crippen LogP contribution >= 0.6 is 0 Å². The van der Waals surface area contributed by atoms with E-state index in [1.807, 2.05) is 26.0 Å². The maximum Gasteiger partial charge on any atom is 0.408 e. The molecule has 3 rings (SSSR count). The minimum atomic E-state index is -0.869. The number of benzene rings is 2. The molecule has 2 aromatic carbocycles. The van der Waals surface area contributed by atoms with Crippen molar-refractivity contribution in [2.24, 2.45) is 5.92 Å². The number of nitrogens with one attached hydrogen (secondary N) is 1. The Kier molecular flexibility index (Phi) is 6.87. The van der Waals surface area contributed by atoms with Crippen LogP contribution in [0.3, 0.4) is 0 Å². The van der Waals surface area contributed by atoms with Crippen LogP contribution in [-0.4, -0.2) is 23.7 Å². The highest BCUT2D eigenvalue weighted by Gasteiger charge is 2.26. The van der Waals surface area contributed by atoms with Crippen LogP contribution < -0.4 is 15.7 Å². The molecule has 0 radical (unpaired) electrons. The lowest BCUT2D eigenvalue weighted by molar-refractivity contribution is -0.137. The predicted octanol–water partition coefficient (Wildman–Crippen LogP) is 5.18. The Bertz CT molecular complexity index is 1190. The van der Waals surface area contributed by atoms with Gasteiger partial charge in [0, 0.05) is 11.5 Å². The molecule has 1 aromatic heterocycles. The minimum Gasteiger partial charge on any atom is -0.444 e. The molecule has 0 aliphatic heterocycles. The van der Waals surface area contributed by atoms with Crippen molar-refractivity contribution in [1.29, 1.82) is 0 Å². The number of hydrogen-bond donors (Lipinski definition) is 1. The molecule has 0 spiro atoms. The van der Waals surface area contributed by atoms with E-state index in [4.69, 9.17) is 13.9 Å². The van der Waals surface area contributed by atoms with E-state index in [-0.39, 0.29) is 5.75 Å². The van der Waals surface area contributed by atoms with Crippen molar-refractivity contribution in [2.75, 3.05) is 0 Å². The molecule has 0 aliphatic carbocycles. The highest BCUT2D eigenvalue weighted by Crippen LogP contribution is 2.26. The van der Waals surface area contributed by atoms with Crippen molar-refractivity contribution in [1.82, 2.24) is 5.32 Å². The van der Waals surface area contributed by atoms with Gasteiger partial charge >= 0.3 is 17.7 Å². The highest BCUT2D eigenvalue weighted by molar-refractivity contribution is 6.04. The van der Waals surface area contributed by atoms with E-state index < -0.39 is 29.3 Å². The lowest BCUT2D eigenvalue weighted by Crippen LogP contribution is -2.45. The fourth-order valence-electron chi connectivity index (χ4n) is 3.31. The summed E-state index contributed by atoms with van der Waals surface area (Å²) in [5.74, 6) is -0.0468. The van der Waals surface area contributed by atoms with Crippen LogP contribution in [0.25, 0.3) is 21.7 Å². The van der Waals surface area contributed by atoms with Crippen molar-refractivity contribution in [3.05, 3.63) is 52.9 Å². The minimum absolute atomic E-state index is 0.224. The van der Waals surface area contributed by atoms with Crippen LogP contribution in [0.1, 0.15) is 47.5 Å². The Morgan fingerprint density at radius 1 is 1.00 bits per heavy atom. The first-order valence-corrected chi connectivity index (χ1v) is 10.7. The molecule has 0 saturated carbocycles. The van der Waals surface area contributed by atoms with E-state index in [1.165, 1.54) is 6.07 Å². The number of ether oxygens (including phenoxy) is 2. The van der Waals surface area contributed by atoms with Gasteiger partial charge < -0.3 is 19.2 Å². The molecule has 1 atom stereocenters. The van der Waals surface area contributed by atoms with Gasteiger partial charge in [0.25, 0.3) is 0 Å². The lowest BCUT2D eigenvalue weighted by atomic mass is 10.0. The zero-order valence-corrected chi connectivity index (χ0v) is 19.1. The van der Waals surface area contributed by atoms with Crippen LogP contribution in [0.5, 0.6) is 5.75 Å². The van der Waals surface area contributed by atoms with Gasteiger partial charge in [0.1, 0.15) is 23.0 Å². The summed E-state index contributed by atoms with van der Waals surface area (Å²) in [7, 11) is 0. The third kappa shape index (κ3) is 5.87. The number of carbonyl (C=O) groups is 2. The van der Waals surface area contributed by atoms with Gasteiger partial charge in [0.05, 0.1) is 5.39 Å². The normalized spacial score (nSPS) is 12.7. The van der Waals surface area contributed by atoms with Crippen LogP contribution in [0.4, 0.5) is 4.79 Å². The van der Waals surface area contributed by atoms with Gasteiger partial charge in [-0.05, 0) is 63.1 Å². The summed E-state index contributed by atoms with van der Waals surface area (Å²) >= 11 is 0. The van der Waals surface area contributed by atoms with Gasteiger partial charge in [-0.25, -0.2) is 14.4 Å². The molecule has 1 N–H and O–H groups in total. The number of fused-ring (bicyclic) bond motifs is 3. The van der Waals surface area contributed by atoms with Crippen molar-refractivity contribution < 1.29 is 23.5 Å². The number of amides is 1. The second-order valence-corrected chi connectivity index (χ2v) is 9.18. The van der Waals surface area contributed by atoms with Gasteiger partial charge in [0.15, 0.2) is 0 Å². The summed E-state index contributed by atoms with van der Waals surface area (Å²) in [5.41, 5.74) is -0.828. The number of esters is 1. The van der Waals surface area contributed by atoms with E-state index in [9.17, 15) is 14.4 Å². The first-order chi connectivity index (χ1) is 15.0. The van der Waals surface area contributed by atoms with Crippen LogP contribution in [-0.2, 0) is 9.53 Å². The van der Waals surface area contributed by atoms with Crippen molar-refractivity contribution in [2.45, 2.75) is 59.1 Å². The number of rotatable bonds is 6. The molecule has 0 bridgehead atoms. The van der Waals surface area contributed by atoms with Crippen LogP contribution in [0.15, 0.2) is 51.7 Å². The molecule has 3 aromatic rings. The molecule has 0 fully saturated rings. The molecule has 170 valence electrons. The van der Waals surface area contributed by atoms with Crippen molar-refractivity contribution in [3.8, 4) is 5.75 Å². The van der Waals surface area contributed by atoms with Gasteiger partial charge in [0.2, 0.25) is 0 Å². The average Bonchev–Trinajstić information content (AvgIpc) is 2.69. The SMILES string of the molecule is CC(C)CC[C@@H](NC(=O)OC(C)(C)C)C(=O)Oc1ccc2c(c1)oc(=O)c1ccccc12. The molecular weight excluding hydrogens is 410 g/mol. The maximum absolute atomic E-state index is 12.9. The molecule has 0 aliphatic rings. The molecule has 1 amide bonds. The number of carbonyl (C=O) groups excluding carboxylic acids is 2. The van der Waals surface area contributed by atoms with E-state index in [1.54, 1.807) is 45.0 Å². The Morgan fingerprint density at radius 3 is 2.34 bits per heavy atom. The van der Waals surface area contributed by atoms with Crippen molar-refractivity contribution >= 4 is 33.8 Å². The average molecular weight is 440 g/mol. The van der Waals surface area contributed by atoms with Gasteiger partial charge in [-0.15, -0.1) is 0 Å². The molecule has 0 saturated heterocycles.